The molecule has 0 aromatic rings. The summed E-state index contributed by atoms with van der Waals surface area (Å²) < 4.78 is 5.48. The van der Waals surface area contributed by atoms with E-state index in [1.165, 1.54) is 321 Å². The summed E-state index contributed by atoms with van der Waals surface area (Å²) in [4.78, 5) is 24.5. The number of amides is 1. The van der Waals surface area contributed by atoms with Crippen LogP contribution in [-0.2, 0) is 14.3 Å². The summed E-state index contributed by atoms with van der Waals surface area (Å²) in [5.74, 6) is -0.0556. The number of aliphatic hydroxyl groups excluding tert-OH is 2. The topological polar surface area (TPSA) is 95.9 Å². The molecule has 0 aliphatic heterocycles. The molecule has 0 radical (unpaired) electrons. The fraction of sp³-hybridized carbons (Fsp3) is 0.868. The molecule has 0 aliphatic rings. The van der Waals surface area contributed by atoms with Gasteiger partial charge in [-0.05, 0) is 89.9 Å². The maximum Gasteiger partial charge on any atom is 0.305 e. The zero-order valence-corrected chi connectivity index (χ0v) is 55.2. The van der Waals surface area contributed by atoms with E-state index in [-0.39, 0.29) is 18.5 Å². The zero-order valence-electron chi connectivity index (χ0n) is 55.2. The van der Waals surface area contributed by atoms with E-state index < -0.39 is 12.1 Å². The molecule has 0 saturated carbocycles. The molecular formula is C76H143NO5. The summed E-state index contributed by atoms with van der Waals surface area (Å²) in [6.45, 7) is 4.91. The fourth-order valence-corrected chi connectivity index (χ4v) is 11.4. The van der Waals surface area contributed by atoms with E-state index >= 15 is 0 Å². The summed E-state index contributed by atoms with van der Waals surface area (Å²) in [5, 5.41) is 23.2. The van der Waals surface area contributed by atoms with Gasteiger partial charge in [0.2, 0.25) is 5.91 Å². The lowest BCUT2D eigenvalue weighted by Gasteiger charge is -2.20. The van der Waals surface area contributed by atoms with Gasteiger partial charge in [-0.25, -0.2) is 0 Å². The van der Waals surface area contributed by atoms with Gasteiger partial charge in [-0.1, -0.05) is 345 Å². The summed E-state index contributed by atoms with van der Waals surface area (Å²) >= 11 is 0. The van der Waals surface area contributed by atoms with Crippen molar-refractivity contribution in [3.8, 4) is 0 Å². The van der Waals surface area contributed by atoms with Gasteiger partial charge in [-0.2, -0.15) is 0 Å². The highest BCUT2D eigenvalue weighted by molar-refractivity contribution is 5.76. The number of hydrogen-bond acceptors (Lipinski definition) is 5. The van der Waals surface area contributed by atoms with Crippen LogP contribution >= 0.6 is 0 Å². The van der Waals surface area contributed by atoms with Crippen LogP contribution in [0.2, 0.25) is 0 Å². The molecule has 1 amide bonds. The number of nitrogens with one attached hydrogen (secondary N) is 1. The minimum absolute atomic E-state index is 0.00739. The maximum atomic E-state index is 12.5. The Kier molecular flexibility index (Phi) is 69.4. The Labute approximate surface area is 512 Å². The minimum Gasteiger partial charge on any atom is -0.466 e. The van der Waals surface area contributed by atoms with Gasteiger partial charge in [-0.3, -0.25) is 9.59 Å². The lowest BCUT2D eigenvalue weighted by Crippen LogP contribution is -2.45. The van der Waals surface area contributed by atoms with Crippen LogP contribution in [0.3, 0.4) is 0 Å². The Bertz CT molecular complexity index is 1370. The van der Waals surface area contributed by atoms with Crippen molar-refractivity contribution >= 4 is 11.9 Å². The third-order valence-corrected chi connectivity index (χ3v) is 17.1. The second-order valence-electron chi connectivity index (χ2n) is 25.3. The number of carbonyl (C=O) groups is 2. The van der Waals surface area contributed by atoms with E-state index in [1.807, 2.05) is 6.08 Å². The smallest absolute Gasteiger partial charge is 0.305 e. The molecule has 0 heterocycles. The van der Waals surface area contributed by atoms with Gasteiger partial charge < -0.3 is 20.3 Å². The van der Waals surface area contributed by atoms with E-state index in [9.17, 15) is 19.8 Å². The van der Waals surface area contributed by atoms with Crippen molar-refractivity contribution < 1.29 is 24.5 Å². The molecule has 0 fully saturated rings. The molecular weight excluding hydrogens is 1010 g/mol. The Balaban J connectivity index is 3.39. The summed E-state index contributed by atoms with van der Waals surface area (Å²) in [6, 6.07) is -0.627. The molecule has 0 aromatic heterocycles. The first-order chi connectivity index (χ1) is 40.5. The van der Waals surface area contributed by atoms with Crippen LogP contribution in [0.1, 0.15) is 399 Å². The van der Waals surface area contributed by atoms with Crippen LogP contribution in [0.4, 0.5) is 0 Å². The van der Waals surface area contributed by atoms with Gasteiger partial charge in [-0.15, -0.1) is 0 Å². The molecule has 0 spiro atoms. The number of carbonyl (C=O) groups excluding carboxylic acids is 2. The minimum atomic E-state index is -0.844. The van der Waals surface area contributed by atoms with Gasteiger partial charge in [0, 0.05) is 12.8 Å². The van der Waals surface area contributed by atoms with Crippen molar-refractivity contribution in [3.63, 3.8) is 0 Å². The number of aliphatic hydroxyl groups is 2. The largest absolute Gasteiger partial charge is 0.466 e. The first-order valence-electron chi connectivity index (χ1n) is 36.9. The Morgan fingerprint density at radius 3 is 0.951 bits per heavy atom. The maximum absolute atomic E-state index is 12.5. The quantitative estimate of drug-likeness (QED) is 0.0320. The molecule has 0 bridgehead atoms. The monoisotopic (exact) mass is 1150 g/mol. The molecule has 0 rings (SSSR count). The van der Waals surface area contributed by atoms with E-state index in [0.717, 1.165) is 51.4 Å². The Morgan fingerprint density at radius 1 is 0.341 bits per heavy atom. The Morgan fingerprint density at radius 2 is 0.610 bits per heavy atom. The molecule has 0 aliphatic carbocycles. The average Bonchev–Trinajstić information content (AvgIpc) is 3.48. The molecule has 82 heavy (non-hydrogen) atoms. The molecule has 2 atom stereocenters. The molecule has 3 N–H and O–H groups in total. The molecule has 482 valence electrons. The standard InChI is InChI=1S/C76H143NO5/c1-3-5-7-9-11-13-15-17-18-38-41-45-48-52-56-60-64-68-74(79)73(72-78)77-75(80)69-65-61-57-53-49-46-42-39-36-34-32-30-28-26-24-22-20-19-21-23-25-27-29-31-33-35-37-40-43-47-51-55-59-63-67-71-82-76(81)70-66-62-58-54-50-44-16-14-12-10-8-6-4-2/h14,16,21,23,27,29,64,68,73-74,78-79H,3-13,15,17-20,22,24-26,28,30-63,65-67,69-72H2,1-2H3,(H,77,80)/b16-14-,23-21-,29-27-,68-64+. The van der Waals surface area contributed by atoms with Crippen molar-refractivity contribution in [2.24, 2.45) is 0 Å². The van der Waals surface area contributed by atoms with Gasteiger partial charge in [0.25, 0.3) is 0 Å². The average molecular weight is 1150 g/mol. The van der Waals surface area contributed by atoms with Gasteiger partial charge >= 0.3 is 5.97 Å². The highest BCUT2D eigenvalue weighted by Crippen LogP contribution is 2.18. The molecule has 0 aromatic carbocycles. The van der Waals surface area contributed by atoms with Crippen LogP contribution in [0.15, 0.2) is 48.6 Å². The van der Waals surface area contributed by atoms with Gasteiger partial charge in [0.15, 0.2) is 0 Å². The SMILES string of the molecule is CCCCCC/C=C\CCCCCCCC(=O)OCCCCCCCCCCCCC/C=C\C/C=C\CCCCCCCCCCCCCCCCCCCC(=O)NC(CO)C(O)/C=C/CCCCCCCCCCCCCCCCC. The summed E-state index contributed by atoms with van der Waals surface area (Å²) in [6.07, 6.45) is 93.5. The Hall–Kier alpha value is -2.18. The van der Waals surface area contributed by atoms with Crippen molar-refractivity contribution in [1.29, 1.82) is 0 Å². The van der Waals surface area contributed by atoms with Crippen LogP contribution in [0, 0.1) is 0 Å². The first-order valence-corrected chi connectivity index (χ1v) is 36.9. The second kappa shape index (κ2) is 71.3. The van der Waals surface area contributed by atoms with Crippen molar-refractivity contribution in [3.05, 3.63) is 48.6 Å². The lowest BCUT2D eigenvalue weighted by atomic mass is 10.0. The summed E-state index contributed by atoms with van der Waals surface area (Å²) in [7, 11) is 0. The number of unbranched alkanes of at least 4 members (excludes halogenated alkanes) is 52. The normalized spacial score (nSPS) is 12.8. The van der Waals surface area contributed by atoms with Crippen molar-refractivity contribution in [2.45, 2.75) is 411 Å². The molecule has 2 unspecified atom stereocenters. The van der Waals surface area contributed by atoms with Gasteiger partial charge in [0.1, 0.15) is 0 Å². The van der Waals surface area contributed by atoms with E-state index in [0.29, 0.717) is 19.4 Å². The van der Waals surface area contributed by atoms with Crippen LogP contribution in [0.5, 0.6) is 0 Å². The number of rotatable bonds is 69. The van der Waals surface area contributed by atoms with Crippen molar-refractivity contribution in [1.82, 2.24) is 5.32 Å². The summed E-state index contributed by atoms with van der Waals surface area (Å²) in [5.41, 5.74) is 0. The highest BCUT2D eigenvalue weighted by atomic mass is 16.5. The fourth-order valence-electron chi connectivity index (χ4n) is 11.4. The van der Waals surface area contributed by atoms with E-state index in [4.69, 9.17) is 4.74 Å². The lowest BCUT2D eigenvalue weighted by molar-refractivity contribution is -0.143. The predicted octanol–water partition coefficient (Wildman–Crippen LogP) is 24.0. The number of allylic oxidation sites excluding steroid dienone is 7. The number of hydrogen-bond donors (Lipinski definition) is 3. The van der Waals surface area contributed by atoms with E-state index in [2.05, 4.69) is 55.6 Å². The van der Waals surface area contributed by atoms with Crippen LogP contribution in [0.25, 0.3) is 0 Å². The van der Waals surface area contributed by atoms with Crippen molar-refractivity contribution in [2.75, 3.05) is 13.2 Å². The second-order valence-corrected chi connectivity index (χ2v) is 25.3. The molecule has 0 saturated heterocycles. The highest BCUT2D eigenvalue weighted by Gasteiger charge is 2.18. The number of ether oxygens (including phenoxy) is 1. The molecule has 6 heteroatoms. The molecule has 6 nitrogen and oxygen atoms in total. The zero-order chi connectivity index (χ0) is 59.2. The third-order valence-electron chi connectivity index (χ3n) is 17.1. The van der Waals surface area contributed by atoms with Crippen LogP contribution < -0.4 is 5.32 Å². The third kappa shape index (κ3) is 67.0. The van der Waals surface area contributed by atoms with Gasteiger partial charge in [0.05, 0.1) is 25.4 Å². The first kappa shape index (κ1) is 79.8. The van der Waals surface area contributed by atoms with E-state index in [1.54, 1.807) is 6.08 Å². The number of esters is 1. The predicted molar refractivity (Wildman–Crippen MR) is 361 cm³/mol. The van der Waals surface area contributed by atoms with Crippen LogP contribution in [-0.4, -0.2) is 47.4 Å².